The fourth-order valence-corrected chi connectivity index (χ4v) is 2.15. The van der Waals surface area contributed by atoms with Gasteiger partial charge < -0.3 is 15.2 Å². The van der Waals surface area contributed by atoms with E-state index in [9.17, 15) is 9.59 Å². The zero-order valence-electron chi connectivity index (χ0n) is 12.2. The van der Waals surface area contributed by atoms with E-state index in [1.54, 1.807) is 23.5 Å². The van der Waals surface area contributed by atoms with Gasteiger partial charge in [-0.1, -0.05) is 6.07 Å². The van der Waals surface area contributed by atoms with Crippen LogP contribution in [0.3, 0.4) is 0 Å². The van der Waals surface area contributed by atoms with Crippen molar-refractivity contribution in [3.05, 3.63) is 40.3 Å². The number of rotatable bonds is 5. The van der Waals surface area contributed by atoms with Crippen molar-refractivity contribution in [2.24, 2.45) is 5.73 Å². The highest BCUT2D eigenvalue weighted by atomic mass is 35.5. The number of aromatic nitrogens is 2. The third kappa shape index (κ3) is 5.51. The molecule has 0 aliphatic carbocycles. The molecule has 2 N–H and O–H groups in total. The van der Waals surface area contributed by atoms with Gasteiger partial charge in [-0.05, 0) is 29.7 Å². The number of thiophene rings is 1. The van der Waals surface area contributed by atoms with Crippen LogP contribution in [0.25, 0.3) is 12.2 Å². The summed E-state index contributed by atoms with van der Waals surface area (Å²) in [5, 5.41) is 6.03. The second-order valence-electron chi connectivity index (χ2n) is 4.24. The van der Waals surface area contributed by atoms with E-state index in [0.29, 0.717) is 5.69 Å². The number of ether oxygens (including phenoxy) is 2. The van der Waals surface area contributed by atoms with Crippen molar-refractivity contribution in [2.75, 3.05) is 13.7 Å². The fourth-order valence-electron chi connectivity index (χ4n) is 1.53. The lowest BCUT2D eigenvalue weighted by Crippen LogP contribution is -2.37. The van der Waals surface area contributed by atoms with E-state index in [4.69, 9.17) is 10.5 Å². The second kappa shape index (κ2) is 9.09. The largest absolute Gasteiger partial charge is 0.468 e. The summed E-state index contributed by atoms with van der Waals surface area (Å²) in [5.41, 5.74) is 6.08. The van der Waals surface area contributed by atoms with Gasteiger partial charge in [-0.15, -0.1) is 23.7 Å². The van der Waals surface area contributed by atoms with Crippen LogP contribution >= 0.6 is 23.7 Å². The molecule has 2 heterocycles. The minimum absolute atomic E-state index is 0. The monoisotopic (exact) mass is 357 g/mol. The van der Waals surface area contributed by atoms with Crippen molar-refractivity contribution in [3.8, 4) is 0 Å². The maximum atomic E-state index is 11.8. The molecule has 0 unspecified atom stereocenters. The third-order valence-electron chi connectivity index (χ3n) is 2.65. The SMILES string of the molecule is COC(=O)[C@@H](N)COC(=O)n1ccc(/C=C/c2cccs2)n1.Cl. The topological polar surface area (TPSA) is 96.4 Å². The van der Waals surface area contributed by atoms with Crippen LogP contribution in [0.5, 0.6) is 0 Å². The number of hydrogen-bond donors (Lipinski definition) is 1. The molecule has 2 aromatic rings. The lowest BCUT2D eigenvalue weighted by molar-refractivity contribution is -0.143. The molecule has 0 spiro atoms. The van der Waals surface area contributed by atoms with Gasteiger partial charge in [0.2, 0.25) is 0 Å². The van der Waals surface area contributed by atoms with Gasteiger partial charge in [0.25, 0.3) is 0 Å². The van der Waals surface area contributed by atoms with Gasteiger partial charge in [0.1, 0.15) is 12.6 Å². The summed E-state index contributed by atoms with van der Waals surface area (Å²) in [6, 6.07) is 4.58. The molecule has 0 saturated carbocycles. The summed E-state index contributed by atoms with van der Waals surface area (Å²) in [6.45, 7) is -0.272. The maximum Gasteiger partial charge on any atom is 0.434 e. The Hall–Kier alpha value is -2.16. The lowest BCUT2D eigenvalue weighted by Gasteiger charge is -2.09. The molecule has 2 aromatic heterocycles. The zero-order valence-corrected chi connectivity index (χ0v) is 13.9. The molecular formula is C14H16ClN3O4S. The van der Waals surface area contributed by atoms with Crippen LogP contribution in [0.4, 0.5) is 4.79 Å². The molecule has 0 bridgehead atoms. The zero-order chi connectivity index (χ0) is 15.9. The van der Waals surface area contributed by atoms with E-state index in [-0.39, 0.29) is 19.0 Å². The van der Waals surface area contributed by atoms with Crippen LogP contribution in [0, 0.1) is 0 Å². The van der Waals surface area contributed by atoms with Crippen molar-refractivity contribution in [1.29, 1.82) is 0 Å². The van der Waals surface area contributed by atoms with E-state index in [1.165, 1.54) is 13.3 Å². The molecule has 124 valence electrons. The van der Waals surface area contributed by atoms with Gasteiger partial charge in [0.15, 0.2) is 0 Å². The molecule has 0 saturated heterocycles. The van der Waals surface area contributed by atoms with Gasteiger partial charge in [-0.2, -0.15) is 9.78 Å². The van der Waals surface area contributed by atoms with Gasteiger partial charge in [0.05, 0.1) is 12.8 Å². The molecule has 23 heavy (non-hydrogen) atoms. The van der Waals surface area contributed by atoms with Crippen molar-refractivity contribution >= 4 is 48.0 Å². The van der Waals surface area contributed by atoms with Crippen LogP contribution < -0.4 is 5.73 Å². The summed E-state index contributed by atoms with van der Waals surface area (Å²) >= 11 is 1.60. The highest BCUT2D eigenvalue weighted by molar-refractivity contribution is 7.10. The van der Waals surface area contributed by atoms with Crippen LogP contribution in [0.1, 0.15) is 10.6 Å². The van der Waals surface area contributed by atoms with Gasteiger partial charge in [-0.3, -0.25) is 4.79 Å². The average Bonchev–Trinajstić information content (AvgIpc) is 3.20. The van der Waals surface area contributed by atoms with E-state index in [0.717, 1.165) is 9.56 Å². The summed E-state index contributed by atoms with van der Waals surface area (Å²) in [5.74, 6) is -0.646. The van der Waals surface area contributed by atoms with Crippen molar-refractivity contribution in [2.45, 2.75) is 6.04 Å². The molecule has 0 aliphatic heterocycles. The Balaban J connectivity index is 0.00000264. The van der Waals surface area contributed by atoms with Crippen LogP contribution in [0.2, 0.25) is 0 Å². The first-order valence-corrected chi connectivity index (χ1v) is 7.26. The quantitative estimate of drug-likeness (QED) is 0.822. The molecule has 0 radical (unpaired) electrons. The summed E-state index contributed by atoms with van der Waals surface area (Å²) in [7, 11) is 1.21. The van der Waals surface area contributed by atoms with Gasteiger partial charge in [-0.25, -0.2) is 4.79 Å². The molecular weight excluding hydrogens is 342 g/mol. The number of esters is 1. The molecule has 2 rings (SSSR count). The number of nitrogens with zero attached hydrogens (tertiary/aromatic N) is 2. The Morgan fingerprint density at radius 3 is 2.87 bits per heavy atom. The molecule has 0 aliphatic rings. The van der Waals surface area contributed by atoms with Crippen molar-refractivity contribution in [1.82, 2.24) is 9.78 Å². The number of methoxy groups -OCH3 is 1. The first-order valence-electron chi connectivity index (χ1n) is 6.38. The highest BCUT2D eigenvalue weighted by Gasteiger charge is 2.17. The minimum atomic E-state index is -1.01. The normalized spacial score (nSPS) is 11.7. The van der Waals surface area contributed by atoms with E-state index in [1.807, 2.05) is 23.6 Å². The number of hydrogen-bond acceptors (Lipinski definition) is 7. The first kappa shape index (κ1) is 18.9. The predicted molar refractivity (Wildman–Crippen MR) is 89.5 cm³/mol. The van der Waals surface area contributed by atoms with E-state index < -0.39 is 18.1 Å². The third-order valence-corrected chi connectivity index (χ3v) is 3.49. The average molecular weight is 358 g/mol. The molecule has 1 atom stereocenters. The van der Waals surface area contributed by atoms with E-state index >= 15 is 0 Å². The molecule has 0 fully saturated rings. The molecule has 7 nitrogen and oxygen atoms in total. The van der Waals surface area contributed by atoms with Gasteiger partial charge in [0, 0.05) is 11.1 Å². The predicted octanol–water partition coefficient (Wildman–Crippen LogP) is 2.02. The lowest BCUT2D eigenvalue weighted by atomic mass is 10.3. The highest BCUT2D eigenvalue weighted by Crippen LogP contribution is 2.12. The Morgan fingerprint density at radius 2 is 2.22 bits per heavy atom. The maximum absolute atomic E-state index is 11.8. The molecule has 0 amide bonds. The minimum Gasteiger partial charge on any atom is -0.468 e. The Bertz CT molecular complexity index is 669. The molecule has 0 aromatic carbocycles. The fraction of sp³-hybridized carbons (Fsp3) is 0.214. The Labute approximate surface area is 143 Å². The summed E-state index contributed by atoms with van der Waals surface area (Å²) < 4.78 is 10.4. The van der Waals surface area contributed by atoms with Gasteiger partial charge >= 0.3 is 12.1 Å². The number of carbonyl (C=O) groups is 2. The van der Waals surface area contributed by atoms with Crippen LogP contribution in [0.15, 0.2) is 29.8 Å². The number of carbonyl (C=O) groups excluding carboxylic acids is 2. The summed E-state index contributed by atoms with van der Waals surface area (Å²) in [6.07, 6.45) is 4.45. The second-order valence-corrected chi connectivity index (χ2v) is 5.22. The van der Waals surface area contributed by atoms with Crippen LogP contribution in [-0.2, 0) is 14.3 Å². The van der Waals surface area contributed by atoms with E-state index in [2.05, 4.69) is 9.84 Å². The Kier molecular flexibility index (Phi) is 7.46. The standard InChI is InChI=1S/C14H15N3O4S.ClH/c1-20-13(18)12(15)9-21-14(19)17-7-6-10(16-17)4-5-11-3-2-8-22-11;/h2-8,12H,9,15H2,1H3;1H/b5-4+;/t12-;/m0./s1. The smallest absolute Gasteiger partial charge is 0.434 e. The van der Waals surface area contributed by atoms with Crippen molar-refractivity contribution < 1.29 is 19.1 Å². The van der Waals surface area contributed by atoms with Crippen molar-refractivity contribution in [3.63, 3.8) is 0 Å². The number of halogens is 1. The Morgan fingerprint density at radius 1 is 1.43 bits per heavy atom. The summed E-state index contributed by atoms with van der Waals surface area (Å²) in [4.78, 5) is 23.9. The first-order chi connectivity index (χ1) is 10.6. The van der Waals surface area contributed by atoms with Crippen LogP contribution in [-0.4, -0.2) is 41.6 Å². The molecule has 9 heteroatoms. The number of nitrogens with two attached hydrogens (primary N) is 1.